The molecule has 1 aromatic carbocycles. The minimum atomic E-state index is -0.638. The Bertz CT molecular complexity index is 625. The second-order valence-electron chi connectivity index (χ2n) is 5.74. The van der Waals surface area contributed by atoms with Crippen LogP contribution in [0.3, 0.4) is 0 Å². The van der Waals surface area contributed by atoms with Gasteiger partial charge in [0.1, 0.15) is 11.6 Å². The number of benzene rings is 1. The lowest BCUT2D eigenvalue weighted by Gasteiger charge is -2.38. The van der Waals surface area contributed by atoms with E-state index in [1.807, 2.05) is 37.4 Å². The molecule has 4 nitrogen and oxygen atoms in total. The maximum absolute atomic E-state index is 10.3. The van der Waals surface area contributed by atoms with E-state index in [4.69, 9.17) is 4.74 Å². The molecule has 20 heavy (non-hydrogen) atoms. The van der Waals surface area contributed by atoms with Gasteiger partial charge in [0, 0.05) is 24.7 Å². The number of methoxy groups -OCH3 is 1. The summed E-state index contributed by atoms with van der Waals surface area (Å²) in [5, 5.41) is 12.5. The summed E-state index contributed by atoms with van der Waals surface area (Å²) < 4.78 is 5.31. The van der Waals surface area contributed by atoms with Crippen molar-refractivity contribution in [3.8, 4) is 5.75 Å². The van der Waals surface area contributed by atoms with E-state index in [-0.39, 0.29) is 0 Å². The quantitative estimate of drug-likeness (QED) is 0.912. The second kappa shape index (κ2) is 4.94. The lowest BCUT2D eigenvalue weighted by Crippen LogP contribution is -2.46. The van der Waals surface area contributed by atoms with Crippen LogP contribution in [0.15, 0.2) is 30.5 Å². The van der Waals surface area contributed by atoms with Gasteiger partial charge in [-0.3, -0.25) is 0 Å². The number of aromatic nitrogens is 1. The summed E-state index contributed by atoms with van der Waals surface area (Å²) in [5.74, 6) is 1.76. The fraction of sp³-hybridized carbons (Fsp3) is 0.438. The summed E-state index contributed by atoms with van der Waals surface area (Å²) in [6, 6.07) is 8.02. The number of piperidine rings is 1. The lowest BCUT2D eigenvalue weighted by molar-refractivity contribution is 0.0448. The van der Waals surface area contributed by atoms with Gasteiger partial charge >= 0.3 is 0 Å². The van der Waals surface area contributed by atoms with E-state index < -0.39 is 5.60 Å². The first-order chi connectivity index (χ1) is 9.59. The Morgan fingerprint density at radius 1 is 1.35 bits per heavy atom. The van der Waals surface area contributed by atoms with Crippen LogP contribution in [-0.2, 0) is 0 Å². The number of ether oxygens (including phenoxy) is 1. The van der Waals surface area contributed by atoms with Crippen molar-refractivity contribution in [2.75, 3.05) is 25.1 Å². The maximum atomic E-state index is 10.3. The third-order valence-electron chi connectivity index (χ3n) is 3.93. The molecule has 1 aliphatic rings. The minimum absolute atomic E-state index is 0.621. The predicted octanol–water partition coefficient (Wildman–Crippen LogP) is 2.59. The van der Waals surface area contributed by atoms with Crippen LogP contribution < -0.4 is 9.64 Å². The summed E-state index contributed by atoms with van der Waals surface area (Å²) in [7, 11) is 1.67. The molecule has 2 heterocycles. The molecule has 106 valence electrons. The molecule has 0 saturated carbocycles. The minimum Gasteiger partial charge on any atom is -0.497 e. The van der Waals surface area contributed by atoms with Gasteiger partial charge in [-0.25, -0.2) is 4.98 Å². The van der Waals surface area contributed by atoms with Crippen molar-refractivity contribution < 1.29 is 9.84 Å². The van der Waals surface area contributed by atoms with Crippen LogP contribution in [0.1, 0.15) is 19.8 Å². The van der Waals surface area contributed by atoms with Gasteiger partial charge < -0.3 is 14.7 Å². The van der Waals surface area contributed by atoms with Crippen molar-refractivity contribution in [2.45, 2.75) is 25.4 Å². The number of rotatable bonds is 2. The molecule has 1 unspecified atom stereocenters. The fourth-order valence-corrected chi connectivity index (χ4v) is 2.91. The summed E-state index contributed by atoms with van der Waals surface area (Å²) in [6.07, 6.45) is 3.65. The van der Waals surface area contributed by atoms with Gasteiger partial charge in [0.05, 0.1) is 12.7 Å². The number of nitrogens with zero attached hydrogens (tertiary/aromatic N) is 2. The molecular weight excluding hydrogens is 252 g/mol. The predicted molar refractivity (Wildman–Crippen MR) is 80.4 cm³/mol. The molecule has 1 fully saturated rings. The first kappa shape index (κ1) is 13.2. The van der Waals surface area contributed by atoms with E-state index in [0.717, 1.165) is 41.7 Å². The van der Waals surface area contributed by atoms with E-state index in [2.05, 4.69) is 9.88 Å². The van der Waals surface area contributed by atoms with Gasteiger partial charge in [0.25, 0.3) is 0 Å². The van der Waals surface area contributed by atoms with E-state index in [9.17, 15) is 5.11 Å². The zero-order chi connectivity index (χ0) is 14.2. The second-order valence-corrected chi connectivity index (χ2v) is 5.74. The molecule has 1 atom stereocenters. The molecule has 0 spiro atoms. The Morgan fingerprint density at radius 2 is 2.20 bits per heavy atom. The normalized spacial score (nSPS) is 23.1. The molecule has 1 aromatic heterocycles. The van der Waals surface area contributed by atoms with Crippen molar-refractivity contribution in [1.29, 1.82) is 0 Å². The number of β-amino-alcohol motifs (C(OH)–C–C–N with tert-alkyl or cyclic N) is 1. The monoisotopic (exact) mass is 272 g/mol. The Balaban J connectivity index is 2.06. The van der Waals surface area contributed by atoms with E-state index in [0.29, 0.717) is 6.54 Å². The molecule has 1 aliphatic heterocycles. The standard InChI is InChI=1S/C16H20N2O2/c1-16(19)7-3-9-18(11-16)15-14-10-13(20-2)5-4-12(14)6-8-17-15/h4-6,8,10,19H,3,7,9,11H2,1-2H3. The van der Waals surface area contributed by atoms with Gasteiger partial charge in [0.15, 0.2) is 0 Å². The van der Waals surface area contributed by atoms with E-state index in [1.54, 1.807) is 7.11 Å². The molecule has 1 saturated heterocycles. The lowest BCUT2D eigenvalue weighted by atomic mass is 9.95. The smallest absolute Gasteiger partial charge is 0.136 e. The first-order valence-electron chi connectivity index (χ1n) is 6.99. The van der Waals surface area contributed by atoms with Crippen LogP contribution >= 0.6 is 0 Å². The Hall–Kier alpha value is -1.81. The topological polar surface area (TPSA) is 45.6 Å². The molecule has 0 amide bonds. The molecule has 0 radical (unpaired) electrons. The van der Waals surface area contributed by atoms with E-state index in [1.165, 1.54) is 0 Å². The van der Waals surface area contributed by atoms with Gasteiger partial charge in [-0.05, 0) is 43.4 Å². The van der Waals surface area contributed by atoms with Gasteiger partial charge in [0.2, 0.25) is 0 Å². The van der Waals surface area contributed by atoms with Crippen molar-refractivity contribution in [1.82, 2.24) is 4.98 Å². The van der Waals surface area contributed by atoms with Crippen molar-refractivity contribution in [3.63, 3.8) is 0 Å². The highest BCUT2D eigenvalue weighted by atomic mass is 16.5. The van der Waals surface area contributed by atoms with Gasteiger partial charge in [-0.2, -0.15) is 0 Å². The Kier molecular flexibility index (Phi) is 3.26. The van der Waals surface area contributed by atoms with Crippen molar-refractivity contribution in [3.05, 3.63) is 30.5 Å². The first-order valence-corrected chi connectivity index (χ1v) is 6.99. The van der Waals surface area contributed by atoms with Crippen LogP contribution in [-0.4, -0.2) is 35.9 Å². The zero-order valence-electron chi connectivity index (χ0n) is 12.0. The number of pyridine rings is 1. The molecule has 0 aliphatic carbocycles. The highest BCUT2D eigenvalue weighted by molar-refractivity contribution is 5.93. The summed E-state index contributed by atoms with van der Waals surface area (Å²) in [5.41, 5.74) is -0.638. The van der Waals surface area contributed by atoms with Crippen molar-refractivity contribution in [2.24, 2.45) is 0 Å². The Morgan fingerprint density at radius 3 is 2.95 bits per heavy atom. The maximum Gasteiger partial charge on any atom is 0.136 e. The van der Waals surface area contributed by atoms with Crippen LogP contribution in [0.2, 0.25) is 0 Å². The molecule has 4 heteroatoms. The average molecular weight is 272 g/mol. The van der Waals surface area contributed by atoms with Gasteiger partial charge in [-0.15, -0.1) is 0 Å². The molecule has 0 bridgehead atoms. The zero-order valence-corrected chi connectivity index (χ0v) is 12.0. The summed E-state index contributed by atoms with van der Waals surface area (Å²) >= 11 is 0. The molecule has 2 aromatic rings. The number of hydrogen-bond donors (Lipinski definition) is 1. The van der Waals surface area contributed by atoms with Gasteiger partial charge in [-0.1, -0.05) is 6.07 Å². The number of anilines is 1. The van der Waals surface area contributed by atoms with Crippen LogP contribution in [0.5, 0.6) is 5.75 Å². The number of hydrogen-bond acceptors (Lipinski definition) is 4. The third kappa shape index (κ3) is 2.43. The summed E-state index contributed by atoms with van der Waals surface area (Å²) in [6.45, 7) is 3.45. The highest BCUT2D eigenvalue weighted by Gasteiger charge is 2.29. The van der Waals surface area contributed by atoms with Crippen LogP contribution in [0.4, 0.5) is 5.82 Å². The summed E-state index contributed by atoms with van der Waals surface area (Å²) in [4.78, 5) is 6.70. The molecule has 1 N–H and O–H groups in total. The fourth-order valence-electron chi connectivity index (χ4n) is 2.91. The average Bonchev–Trinajstić information content (AvgIpc) is 2.45. The van der Waals surface area contributed by atoms with Crippen molar-refractivity contribution >= 4 is 16.6 Å². The Labute approximate surface area is 119 Å². The molecule has 3 rings (SSSR count). The number of aliphatic hydroxyl groups is 1. The third-order valence-corrected chi connectivity index (χ3v) is 3.93. The molecular formula is C16H20N2O2. The van der Waals surface area contributed by atoms with Crippen LogP contribution in [0.25, 0.3) is 10.8 Å². The van der Waals surface area contributed by atoms with E-state index >= 15 is 0 Å². The number of fused-ring (bicyclic) bond motifs is 1. The highest BCUT2D eigenvalue weighted by Crippen LogP contribution is 2.31. The SMILES string of the molecule is COc1ccc2ccnc(N3CCCC(C)(O)C3)c2c1. The van der Waals surface area contributed by atoms with Crippen LogP contribution in [0, 0.1) is 0 Å². The largest absolute Gasteiger partial charge is 0.497 e.